The number of rotatable bonds is 10. The number of Topliss-reactive ketones (excluding diaryl/α,β-unsaturated/α-hetero) is 1. The topological polar surface area (TPSA) is 111 Å². The molecule has 0 saturated carbocycles. The van der Waals surface area contributed by atoms with E-state index in [-0.39, 0.29) is 17.3 Å². The molecule has 0 aliphatic carbocycles. The number of hydrogen-bond acceptors (Lipinski definition) is 6. The van der Waals surface area contributed by atoms with Crippen molar-refractivity contribution in [2.75, 3.05) is 18.5 Å². The molecular formula is C27H26N2O6. The van der Waals surface area contributed by atoms with Crippen LogP contribution in [-0.4, -0.2) is 36.8 Å². The van der Waals surface area contributed by atoms with Crippen LogP contribution in [0.25, 0.3) is 0 Å². The Balaban J connectivity index is 1.47. The van der Waals surface area contributed by atoms with Gasteiger partial charge in [-0.3, -0.25) is 14.4 Å². The Hall–Kier alpha value is -4.46. The second kappa shape index (κ2) is 12.1. The Kier molecular flexibility index (Phi) is 8.72. The van der Waals surface area contributed by atoms with Gasteiger partial charge >= 0.3 is 5.97 Å². The van der Waals surface area contributed by atoms with Crippen molar-refractivity contribution in [2.45, 2.75) is 20.4 Å². The van der Waals surface area contributed by atoms with Crippen LogP contribution in [0, 0.1) is 6.92 Å². The standard InChI is InChI=1S/C27H26N2O6/c1-18-7-9-20(10-8-18)15-28-27(33)23-5-3-4-6-24(23)29-25(31)16-35-26(32)17-34-22-13-11-21(12-14-22)19(2)30/h3-14H,15-17H2,1-2H3,(H,28,33)(H,29,31). The highest BCUT2D eigenvalue weighted by molar-refractivity contribution is 6.04. The number of ether oxygens (including phenoxy) is 2. The number of carbonyl (C=O) groups is 4. The van der Waals surface area contributed by atoms with Gasteiger partial charge < -0.3 is 20.1 Å². The minimum absolute atomic E-state index is 0.0766. The first-order valence-corrected chi connectivity index (χ1v) is 10.9. The summed E-state index contributed by atoms with van der Waals surface area (Å²) in [6.07, 6.45) is 0. The SMILES string of the molecule is CC(=O)c1ccc(OCC(=O)OCC(=O)Nc2ccccc2C(=O)NCc2ccc(C)cc2)cc1. The summed E-state index contributed by atoms with van der Waals surface area (Å²) in [4.78, 5) is 48.1. The molecule has 0 fully saturated rings. The van der Waals surface area contributed by atoms with Crippen LogP contribution in [-0.2, 0) is 20.9 Å². The van der Waals surface area contributed by atoms with E-state index >= 15 is 0 Å². The number of nitrogens with one attached hydrogen (secondary N) is 2. The van der Waals surface area contributed by atoms with Gasteiger partial charge in [-0.2, -0.15) is 0 Å². The van der Waals surface area contributed by atoms with Crippen LogP contribution in [0.3, 0.4) is 0 Å². The molecule has 2 N–H and O–H groups in total. The molecule has 3 aromatic rings. The largest absolute Gasteiger partial charge is 0.482 e. The van der Waals surface area contributed by atoms with Crippen molar-refractivity contribution in [2.24, 2.45) is 0 Å². The molecule has 0 radical (unpaired) electrons. The number of ketones is 1. The van der Waals surface area contributed by atoms with Crippen molar-refractivity contribution in [1.82, 2.24) is 5.32 Å². The van der Waals surface area contributed by atoms with Crippen molar-refractivity contribution in [3.63, 3.8) is 0 Å². The maximum Gasteiger partial charge on any atom is 0.344 e. The predicted octanol–water partition coefficient (Wildman–Crippen LogP) is 3.69. The van der Waals surface area contributed by atoms with E-state index in [0.29, 0.717) is 23.5 Å². The Bertz CT molecular complexity index is 1200. The minimum atomic E-state index is -0.736. The van der Waals surface area contributed by atoms with E-state index < -0.39 is 25.1 Å². The number of para-hydroxylation sites is 1. The highest BCUT2D eigenvalue weighted by atomic mass is 16.6. The molecule has 3 rings (SSSR count). The number of benzene rings is 3. The van der Waals surface area contributed by atoms with Crippen LogP contribution in [0.1, 0.15) is 38.8 Å². The first-order chi connectivity index (χ1) is 16.8. The van der Waals surface area contributed by atoms with Gasteiger partial charge in [-0.25, -0.2) is 4.79 Å². The Morgan fingerprint density at radius 2 is 1.51 bits per heavy atom. The fourth-order valence-corrected chi connectivity index (χ4v) is 3.08. The van der Waals surface area contributed by atoms with Crippen LogP contribution < -0.4 is 15.4 Å². The van der Waals surface area contributed by atoms with E-state index in [1.165, 1.54) is 6.92 Å². The zero-order valence-electron chi connectivity index (χ0n) is 19.5. The molecule has 0 atom stereocenters. The summed E-state index contributed by atoms with van der Waals surface area (Å²) in [7, 11) is 0. The van der Waals surface area contributed by atoms with Gasteiger partial charge in [-0.05, 0) is 55.8 Å². The number of aryl methyl sites for hydroxylation is 1. The Labute approximate surface area is 203 Å². The van der Waals surface area contributed by atoms with Crippen LogP contribution in [0.4, 0.5) is 5.69 Å². The molecule has 8 heteroatoms. The van der Waals surface area contributed by atoms with Gasteiger partial charge in [0.25, 0.3) is 11.8 Å². The summed E-state index contributed by atoms with van der Waals surface area (Å²) in [6.45, 7) is 2.85. The summed E-state index contributed by atoms with van der Waals surface area (Å²) in [6, 6.07) is 20.7. The smallest absolute Gasteiger partial charge is 0.344 e. The average Bonchev–Trinajstić information content (AvgIpc) is 2.86. The van der Waals surface area contributed by atoms with Crippen LogP contribution >= 0.6 is 0 Å². The first-order valence-electron chi connectivity index (χ1n) is 10.9. The van der Waals surface area contributed by atoms with E-state index in [0.717, 1.165) is 11.1 Å². The summed E-state index contributed by atoms with van der Waals surface area (Å²) < 4.78 is 10.2. The molecule has 0 spiro atoms. The zero-order valence-corrected chi connectivity index (χ0v) is 19.5. The molecule has 180 valence electrons. The van der Waals surface area contributed by atoms with Crippen LogP contribution in [0.2, 0.25) is 0 Å². The van der Waals surface area contributed by atoms with E-state index in [1.54, 1.807) is 48.5 Å². The van der Waals surface area contributed by atoms with Crippen LogP contribution in [0.5, 0.6) is 5.75 Å². The minimum Gasteiger partial charge on any atom is -0.482 e. The van der Waals surface area contributed by atoms with Gasteiger partial charge in [-0.1, -0.05) is 42.0 Å². The number of amides is 2. The number of esters is 1. The quantitative estimate of drug-likeness (QED) is 0.343. The fraction of sp³-hybridized carbons (Fsp3) is 0.185. The molecule has 0 aromatic heterocycles. The molecule has 8 nitrogen and oxygen atoms in total. The molecule has 3 aromatic carbocycles. The lowest BCUT2D eigenvalue weighted by Gasteiger charge is -2.12. The van der Waals surface area contributed by atoms with Crippen molar-refractivity contribution >= 4 is 29.3 Å². The third kappa shape index (κ3) is 7.82. The summed E-state index contributed by atoms with van der Waals surface area (Å²) >= 11 is 0. The van der Waals surface area contributed by atoms with Gasteiger partial charge in [0.1, 0.15) is 5.75 Å². The Morgan fingerprint density at radius 1 is 0.829 bits per heavy atom. The lowest BCUT2D eigenvalue weighted by Crippen LogP contribution is -2.27. The maximum atomic E-state index is 12.6. The van der Waals surface area contributed by atoms with Gasteiger partial charge in [0, 0.05) is 12.1 Å². The third-order valence-electron chi connectivity index (χ3n) is 5.00. The summed E-state index contributed by atoms with van der Waals surface area (Å²) in [5.41, 5.74) is 3.20. The highest BCUT2D eigenvalue weighted by Crippen LogP contribution is 2.16. The molecule has 0 bridgehead atoms. The van der Waals surface area contributed by atoms with Gasteiger partial charge in [-0.15, -0.1) is 0 Å². The monoisotopic (exact) mass is 474 g/mol. The van der Waals surface area contributed by atoms with E-state index in [2.05, 4.69) is 10.6 Å². The molecule has 0 aliphatic rings. The predicted molar refractivity (Wildman–Crippen MR) is 130 cm³/mol. The maximum absolute atomic E-state index is 12.6. The lowest BCUT2D eigenvalue weighted by molar-refractivity contribution is -0.149. The highest BCUT2D eigenvalue weighted by Gasteiger charge is 2.14. The Morgan fingerprint density at radius 3 is 2.20 bits per heavy atom. The molecule has 2 amide bonds. The molecular weight excluding hydrogens is 448 g/mol. The molecule has 0 saturated heterocycles. The van der Waals surface area contributed by atoms with Crippen molar-refractivity contribution in [1.29, 1.82) is 0 Å². The number of anilines is 1. The average molecular weight is 475 g/mol. The fourth-order valence-electron chi connectivity index (χ4n) is 3.08. The number of carbonyl (C=O) groups excluding carboxylic acids is 4. The molecule has 35 heavy (non-hydrogen) atoms. The van der Waals surface area contributed by atoms with Crippen molar-refractivity contribution in [3.8, 4) is 5.75 Å². The van der Waals surface area contributed by atoms with Crippen molar-refractivity contribution in [3.05, 3.63) is 95.1 Å². The van der Waals surface area contributed by atoms with Gasteiger partial charge in [0.05, 0.1) is 11.3 Å². The van der Waals surface area contributed by atoms with Crippen molar-refractivity contribution < 1.29 is 28.7 Å². The summed E-state index contributed by atoms with van der Waals surface area (Å²) in [5.74, 6) is -1.36. The zero-order chi connectivity index (χ0) is 25.2. The van der Waals surface area contributed by atoms with E-state index in [4.69, 9.17) is 9.47 Å². The molecule has 0 unspecified atom stereocenters. The van der Waals surface area contributed by atoms with Crippen LogP contribution in [0.15, 0.2) is 72.8 Å². The number of hydrogen-bond donors (Lipinski definition) is 2. The molecule has 0 heterocycles. The lowest BCUT2D eigenvalue weighted by atomic mass is 10.1. The van der Waals surface area contributed by atoms with Gasteiger partial charge in [0.15, 0.2) is 19.0 Å². The molecule has 0 aliphatic heterocycles. The normalized spacial score (nSPS) is 10.2. The van der Waals surface area contributed by atoms with E-state index in [1.807, 2.05) is 31.2 Å². The first kappa shape index (κ1) is 25.2. The second-order valence-electron chi connectivity index (χ2n) is 7.79. The summed E-state index contributed by atoms with van der Waals surface area (Å²) in [5, 5.41) is 5.42. The van der Waals surface area contributed by atoms with Gasteiger partial charge in [0.2, 0.25) is 0 Å². The second-order valence-corrected chi connectivity index (χ2v) is 7.79. The third-order valence-corrected chi connectivity index (χ3v) is 5.00. The van der Waals surface area contributed by atoms with E-state index in [9.17, 15) is 19.2 Å².